The number of pyridine rings is 1. The third-order valence-corrected chi connectivity index (χ3v) is 6.47. The fourth-order valence-electron chi connectivity index (χ4n) is 2.07. The molecule has 5 N–H and O–H groups in total. The van der Waals surface area contributed by atoms with Gasteiger partial charge in [0.15, 0.2) is 0 Å². The Morgan fingerprint density at radius 1 is 1.04 bits per heavy atom. The Hall–Kier alpha value is -1.53. The first-order valence-corrected chi connectivity index (χ1v) is 9.84. The molecule has 1 heterocycles. The van der Waals surface area contributed by atoms with E-state index in [-0.39, 0.29) is 5.82 Å². The molecule has 8 nitrogen and oxygen atoms in total. The van der Waals surface area contributed by atoms with E-state index in [4.69, 9.17) is 19.6 Å². The lowest BCUT2D eigenvalue weighted by Gasteiger charge is -2.21. The number of nitrogens with zero attached hydrogens (tertiary/aromatic N) is 1. The van der Waals surface area contributed by atoms with Crippen molar-refractivity contribution in [2.45, 2.75) is 12.4 Å². The average Bonchev–Trinajstić information content (AvgIpc) is 2.43. The van der Waals surface area contributed by atoms with Crippen LogP contribution in [0.3, 0.4) is 0 Å². The maximum absolute atomic E-state index is 11.3. The maximum atomic E-state index is 11.3. The summed E-state index contributed by atoms with van der Waals surface area (Å²) in [4.78, 5) is 40.4. The van der Waals surface area contributed by atoms with Crippen LogP contribution in [0, 0.1) is 6.92 Å². The van der Waals surface area contributed by atoms with Gasteiger partial charge in [-0.15, -0.1) is 0 Å². The van der Waals surface area contributed by atoms with Gasteiger partial charge < -0.3 is 24.9 Å². The summed E-state index contributed by atoms with van der Waals surface area (Å²) in [5.74, 6) is -0.0394. The molecular formula is C13H16N2O6P2. The lowest BCUT2D eigenvalue weighted by molar-refractivity contribution is 0.343. The van der Waals surface area contributed by atoms with Gasteiger partial charge in [-0.25, -0.2) is 4.98 Å². The molecule has 0 saturated heterocycles. The minimum Gasteiger partial charge on any atom is -0.346 e. The Bertz CT molecular complexity index is 779. The van der Waals surface area contributed by atoms with Crippen LogP contribution in [0.1, 0.15) is 5.56 Å². The zero-order valence-electron chi connectivity index (χ0n) is 12.1. The Kier molecular flexibility index (Phi) is 5.06. The number of aryl methyl sites for hydroxylation is 1. The number of nitrogens with one attached hydrogen (secondary N) is 1. The molecule has 0 amide bonds. The first-order chi connectivity index (χ1) is 10.6. The summed E-state index contributed by atoms with van der Waals surface area (Å²) in [5.41, 5.74) is 0.221. The molecule has 0 fully saturated rings. The second-order valence-electron chi connectivity index (χ2n) is 4.94. The maximum Gasteiger partial charge on any atom is 0.360 e. The molecule has 0 aliphatic carbocycles. The van der Waals surface area contributed by atoms with Crippen LogP contribution in [0.2, 0.25) is 0 Å². The van der Waals surface area contributed by atoms with E-state index in [2.05, 4.69) is 10.3 Å². The minimum absolute atomic E-state index is 0.0394. The SMILES string of the molecule is Cc1ccccc1-c1ccnc(NC(P(=O)(O)O)P(=O)(O)O)c1. The molecule has 0 radical (unpaired) electrons. The molecule has 0 aliphatic rings. The second kappa shape index (κ2) is 6.53. The summed E-state index contributed by atoms with van der Waals surface area (Å²) >= 11 is 0. The van der Waals surface area contributed by atoms with Crippen LogP contribution >= 0.6 is 15.2 Å². The summed E-state index contributed by atoms with van der Waals surface area (Å²) < 4.78 is 22.6. The monoisotopic (exact) mass is 358 g/mol. The van der Waals surface area contributed by atoms with Gasteiger partial charge in [0, 0.05) is 6.20 Å². The van der Waals surface area contributed by atoms with Gasteiger partial charge in [0.2, 0.25) is 5.52 Å². The van der Waals surface area contributed by atoms with E-state index in [0.717, 1.165) is 11.1 Å². The van der Waals surface area contributed by atoms with Crippen molar-refractivity contribution in [2.75, 3.05) is 5.32 Å². The fourth-order valence-corrected chi connectivity index (χ4v) is 4.24. The molecule has 1 aromatic carbocycles. The number of rotatable bonds is 5. The summed E-state index contributed by atoms with van der Waals surface area (Å²) in [6, 6.07) is 10.6. The average molecular weight is 358 g/mol. The van der Waals surface area contributed by atoms with Crippen molar-refractivity contribution in [1.82, 2.24) is 4.98 Å². The van der Waals surface area contributed by atoms with Crippen molar-refractivity contribution in [1.29, 1.82) is 0 Å². The molecule has 1 aromatic heterocycles. The molecule has 0 saturated carbocycles. The van der Waals surface area contributed by atoms with Gasteiger partial charge in [0.1, 0.15) is 5.82 Å². The molecule has 0 atom stereocenters. The van der Waals surface area contributed by atoms with Gasteiger partial charge in [0.05, 0.1) is 0 Å². The van der Waals surface area contributed by atoms with Gasteiger partial charge in [-0.3, -0.25) is 9.13 Å². The first kappa shape index (κ1) is 17.8. The lowest BCUT2D eigenvalue weighted by Crippen LogP contribution is -2.20. The van der Waals surface area contributed by atoms with Gasteiger partial charge in [0.25, 0.3) is 0 Å². The van der Waals surface area contributed by atoms with Gasteiger partial charge in [-0.2, -0.15) is 0 Å². The van der Waals surface area contributed by atoms with Crippen molar-refractivity contribution in [3.05, 3.63) is 48.2 Å². The van der Waals surface area contributed by atoms with E-state index in [1.54, 1.807) is 6.07 Å². The topological polar surface area (TPSA) is 140 Å². The fraction of sp³-hybridized carbons (Fsp3) is 0.154. The lowest BCUT2D eigenvalue weighted by atomic mass is 10.0. The van der Waals surface area contributed by atoms with Crippen LogP contribution in [0.5, 0.6) is 0 Å². The molecule has 2 rings (SSSR count). The summed E-state index contributed by atoms with van der Waals surface area (Å²) in [6.45, 7) is 1.90. The highest BCUT2D eigenvalue weighted by Crippen LogP contribution is 2.59. The van der Waals surface area contributed by atoms with Crippen molar-refractivity contribution in [3.63, 3.8) is 0 Å². The Labute approximate surface area is 132 Å². The third-order valence-electron chi connectivity index (χ3n) is 3.13. The van der Waals surface area contributed by atoms with Gasteiger partial charge >= 0.3 is 15.2 Å². The zero-order valence-corrected chi connectivity index (χ0v) is 13.9. The van der Waals surface area contributed by atoms with Crippen LogP contribution in [0.4, 0.5) is 5.82 Å². The van der Waals surface area contributed by atoms with E-state index < -0.39 is 20.7 Å². The number of benzene rings is 1. The van der Waals surface area contributed by atoms with E-state index >= 15 is 0 Å². The van der Waals surface area contributed by atoms with Crippen molar-refractivity contribution >= 4 is 21.0 Å². The van der Waals surface area contributed by atoms with Crippen LogP contribution < -0.4 is 5.32 Å². The number of hydrogen-bond acceptors (Lipinski definition) is 4. The summed E-state index contributed by atoms with van der Waals surface area (Å²) in [7, 11) is -10.1. The third kappa shape index (κ3) is 4.48. The van der Waals surface area contributed by atoms with Crippen LogP contribution in [0.15, 0.2) is 42.6 Å². The molecule has 0 aliphatic heterocycles. The molecular weight excluding hydrogens is 342 g/mol. The summed E-state index contributed by atoms with van der Waals surface area (Å²) in [6.07, 6.45) is 1.39. The van der Waals surface area contributed by atoms with E-state index in [0.29, 0.717) is 5.56 Å². The quantitative estimate of drug-likeness (QED) is 0.512. The predicted molar refractivity (Wildman–Crippen MR) is 85.9 cm³/mol. The van der Waals surface area contributed by atoms with Crippen molar-refractivity contribution < 1.29 is 28.7 Å². The molecule has 23 heavy (non-hydrogen) atoms. The second-order valence-corrected chi connectivity index (χ2v) is 8.74. The highest BCUT2D eigenvalue weighted by molar-refractivity contribution is 7.71. The molecule has 0 spiro atoms. The van der Waals surface area contributed by atoms with Crippen LogP contribution in [0.25, 0.3) is 11.1 Å². The smallest absolute Gasteiger partial charge is 0.346 e. The molecule has 0 bridgehead atoms. The zero-order chi connectivity index (χ0) is 17.3. The largest absolute Gasteiger partial charge is 0.360 e. The number of anilines is 1. The number of hydrogen-bond donors (Lipinski definition) is 5. The standard InChI is InChI=1S/C13H16N2O6P2/c1-9-4-2-3-5-11(9)10-6-7-14-12(8-10)15-13(22(16,17)18)23(19,20)21/h2-8,13H,1H3,(H,14,15)(H2,16,17,18)(H2,19,20,21). The summed E-state index contributed by atoms with van der Waals surface area (Å²) in [5, 5.41) is 2.15. The predicted octanol–water partition coefficient (Wildman–Crippen LogP) is 2.11. The minimum atomic E-state index is -5.07. The molecule has 0 unspecified atom stereocenters. The van der Waals surface area contributed by atoms with E-state index in [1.807, 2.05) is 31.2 Å². The Morgan fingerprint density at radius 3 is 2.22 bits per heavy atom. The van der Waals surface area contributed by atoms with E-state index in [9.17, 15) is 9.13 Å². The van der Waals surface area contributed by atoms with Crippen molar-refractivity contribution in [2.24, 2.45) is 0 Å². The van der Waals surface area contributed by atoms with E-state index in [1.165, 1.54) is 12.3 Å². The molecule has 2 aromatic rings. The normalized spacial score (nSPS) is 12.4. The van der Waals surface area contributed by atoms with Crippen LogP contribution in [-0.4, -0.2) is 30.1 Å². The van der Waals surface area contributed by atoms with Gasteiger partial charge in [-0.1, -0.05) is 24.3 Å². The molecule has 124 valence electrons. The highest BCUT2D eigenvalue weighted by Gasteiger charge is 2.43. The Balaban J connectivity index is 2.39. The Morgan fingerprint density at radius 2 is 1.65 bits per heavy atom. The van der Waals surface area contributed by atoms with Crippen LogP contribution in [-0.2, 0) is 9.13 Å². The highest BCUT2D eigenvalue weighted by atomic mass is 31.2. The molecule has 10 heteroatoms. The first-order valence-electron chi connectivity index (χ1n) is 6.48. The van der Waals surface area contributed by atoms with Crippen molar-refractivity contribution in [3.8, 4) is 11.1 Å². The van der Waals surface area contributed by atoms with Gasteiger partial charge in [-0.05, 0) is 35.7 Å². The number of aromatic nitrogens is 1.